The molecule has 0 aliphatic carbocycles. The molecule has 0 aromatic carbocycles. The summed E-state index contributed by atoms with van der Waals surface area (Å²) < 4.78 is 50.1. The lowest BCUT2D eigenvalue weighted by Gasteiger charge is -2.04. The Morgan fingerprint density at radius 3 is 2.37 bits per heavy atom. The van der Waals surface area contributed by atoms with Crippen molar-refractivity contribution in [3.8, 4) is 0 Å². The number of nitrogens with one attached hydrogen (secondary N) is 2. The second-order valence-corrected chi connectivity index (χ2v) is 3.53. The monoisotopic (exact) mass is 277 g/mol. The van der Waals surface area contributed by atoms with Crippen LogP contribution in [0.2, 0.25) is 0 Å². The summed E-state index contributed by atoms with van der Waals surface area (Å²) in [5.74, 6) is -2.54. The Morgan fingerprint density at radius 2 is 1.84 bits per heavy atom. The van der Waals surface area contributed by atoms with Crippen LogP contribution in [0.1, 0.15) is 31.4 Å². The van der Waals surface area contributed by atoms with E-state index in [1.54, 1.807) is 0 Å². The minimum atomic E-state index is -3.01. The van der Waals surface area contributed by atoms with Gasteiger partial charge in [-0.2, -0.15) is 0 Å². The van der Waals surface area contributed by atoms with Crippen LogP contribution in [0.4, 0.5) is 23.4 Å². The van der Waals surface area contributed by atoms with Gasteiger partial charge in [-0.25, -0.2) is 32.5 Å². The van der Waals surface area contributed by atoms with Crippen molar-refractivity contribution in [1.82, 2.24) is 19.9 Å². The van der Waals surface area contributed by atoms with E-state index >= 15 is 0 Å². The highest BCUT2D eigenvalue weighted by Crippen LogP contribution is 2.25. The number of aromatic amines is 1. The normalized spacial score (nSPS) is 11.5. The molecule has 2 rings (SSSR count). The predicted molar refractivity (Wildman–Crippen MR) is 55.9 cm³/mol. The molecule has 2 N–H and O–H groups in total. The van der Waals surface area contributed by atoms with Gasteiger partial charge in [0.05, 0.1) is 0 Å². The molecule has 0 bridgehead atoms. The van der Waals surface area contributed by atoms with E-state index < -0.39 is 30.4 Å². The van der Waals surface area contributed by atoms with E-state index in [2.05, 4.69) is 25.3 Å². The van der Waals surface area contributed by atoms with Crippen molar-refractivity contribution in [1.29, 1.82) is 0 Å². The first kappa shape index (κ1) is 13.2. The van der Waals surface area contributed by atoms with Crippen molar-refractivity contribution < 1.29 is 22.4 Å². The van der Waals surface area contributed by atoms with Gasteiger partial charge in [0, 0.05) is 6.92 Å². The first-order chi connectivity index (χ1) is 8.88. The summed E-state index contributed by atoms with van der Waals surface area (Å²) in [5, 5.41) is 2.16. The minimum absolute atomic E-state index is 0.130. The Labute approximate surface area is 103 Å². The van der Waals surface area contributed by atoms with Gasteiger partial charge in [0.15, 0.2) is 23.1 Å². The summed E-state index contributed by atoms with van der Waals surface area (Å²) in [7, 11) is 0. The molecule has 10 heteroatoms. The average Bonchev–Trinajstić information content (AvgIpc) is 2.72. The quantitative estimate of drug-likeness (QED) is 0.842. The summed E-state index contributed by atoms with van der Waals surface area (Å²) in [6.45, 7) is 1.13. The van der Waals surface area contributed by atoms with Gasteiger partial charge >= 0.3 is 0 Å². The molecule has 0 saturated heterocycles. The lowest BCUT2D eigenvalue weighted by Crippen LogP contribution is -2.10. The van der Waals surface area contributed by atoms with Gasteiger partial charge in [-0.3, -0.25) is 4.79 Å². The van der Waals surface area contributed by atoms with Crippen LogP contribution in [-0.2, 0) is 4.79 Å². The largest absolute Gasteiger partial charge is 0.333 e. The van der Waals surface area contributed by atoms with Crippen LogP contribution >= 0.6 is 0 Å². The number of nitrogens with zero attached hydrogens (tertiary/aromatic N) is 3. The Hall–Kier alpha value is -2.26. The zero-order valence-corrected chi connectivity index (χ0v) is 9.42. The van der Waals surface area contributed by atoms with Crippen LogP contribution in [0.25, 0.3) is 11.2 Å². The maximum atomic E-state index is 12.6. The molecule has 2 aromatic rings. The van der Waals surface area contributed by atoms with E-state index in [9.17, 15) is 22.4 Å². The molecule has 0 radical (unpaired) electrons. The second-order valence-electron chi connectivity index (χ2n) is 3.53. The van der Waals surface area contributed by atoms with E-state index in [4.69, 9.17) is 0 Å². The third kappa shape index (κ3) is 2.61. The predicted octanol–water partition coefficient (Wildman–Crippen LogP) is 2.19. The number of fused-ring (bicyclic) bond motifs is 1. The minimum Gasteiger partial charge on any atom is -0.333 e. The molecule has 0 aliphatic heterocycles. The van der Waals surface area contributed by atoms with E-state index in [1.165, 1.54) is 0 Å². The summed E-state index contributed by atoms with van der Waals surface area (Å²) in [6.07, 6.45) is -5.93. The van der Waals surface area contributed by atoms with Crippen molar-refractivity contribution in [2.45, 2.75) is 19.8 Å². The summed E-state index contributed by atoms with van der Waals surface area (Å²) in [4.78, 5) is 23.3. The number of hydrogen-bond acceptors (Lipinski definition) is 4. The molecule has 0 fully saturated rings. The Bertz CT molecular complexity index is 626. The van der Waals surface area contributed by atoms with E-state index in [-0.39, 0.29) is 17.0 Å². The topological polar surface area (TPSA) is 83.6 Å². The second kappa shape index (κ2) is 4.78. The van der Waals surface area contributed by atoms with Gasteiger partial charge in [0.1, 0.15) is 5.52 Å². The highest BCUT2D eigenvalue weighted by atomic mass is 19.3. The molecule has 0 atom stereocenters. The van der Waals surface area contributed by atoms with Gasteiger partial charge in [-0.1, -0.05) is 0 Å². The van der Waals surface area contributed by atoms with Crippen molar-refractivity contribution in [2.24, 2.45) is 0 Å². The Morgan fingerprint density at radius 1 is 1.16 bits per heavy atom. The van der Waals surface area contributed by atoms with Crippen molar-refractivity contribution in [3.63, 3.8) is 0 Å². The van der Waals surface area contributed by atoms with E-state index in [0.29, 0.717) is 0 Å². The average molecular weight is 277 g/mol. The fourth-order valence-corrected chi connectivity index (χ4v) is 1.39. The third-order valence-electron chi connectivity index (χ3n) is 2.08. The van der Waals surface area contributed by atoms with E-state index in [0.717, 1.165) is 6.92 Å². The molecule has 0 spiro atoms. The number of alkyl halides is 4. The van der Waals surface area contributed by atoms with Crippen LogP contribution in [-0.4, -0.2) is 25.8 Å². The summed E-state index contributed by atoms with van der Waals surface area (Å²) >= 11 is 0. The first-order valence-corrected chi connectivity index (χ1v) is 5.00. The van der Waals surface area contributed by atoms with Crippen molar-refractivity contribution >= 4 is 22.9 Å². The Balaban J connectivity index is 2.63. The molecule has 2 heterocycles. The number of imidazole rings is 1. The lowest BCUT2D eigenvalue weighted by atomic mass is 10.4. The number of anilines is 1. The number of aromatic nitrogens is 4. The zero-order chi connectivity index (χ0) is 14.2. The van der Waals surface area contributed by atoms with Gasteiger partial charge in [0.2, 0.25) is 5.91 Å². The molecule has 0 unspecified atom stereocenters. The molecule has 0 saturated carbocycles. The fourth-order valence-electron chi connectivity index (χ4n) is 1.39. The van der Waals surface area contributed by atoms with Gasteiger partial charge in [0.25, 0.3) is 12.9 Å². The number of rotatable bonds is 3. The molecule has 1 amide bonds. The summed E-state index contributed by atoms with van der Waals surface area (Å²) in [6, 6.07) is 0. The summed E-state index contributed by atoms with van der Waals surface area (Å²) in [5.41, 5.74) is -0.487. The molecule has 0 aliphatic rings. The highest BCUT2D eigenvalue weighted by molar-refractivity contribution is 5.95. The third-order valence-corrected chi connectivity index (χ3v) is 2.08. The number of carbonyl (C=O) groups is 1. The van der Waals surface area contributed by atoms with Crippen LogP contribution in [0.15, 0.2) is 0 Å². The van der Waals surface area contributed by atoms with Crippen LogP contribution in [0.3, 0.4) is 0 Å². The van der Waals surface area contributed by atoms with Crippen LogP contribution in [0.5, 0.6) is 0 Å². The number of hydrogen-bond donors (Lipinski definition) is 2. The molecular formula is C9H7F4N5O. The number of halogens is 4. The number of H-pyrrole nitrogens is 1. The first-order valence-electron chi connectivity index (χ1n) is 5.00. The maximum Gasteiger partial charge on any atom is 0.297 e. The highest BCUT2D eigenvalue weighted by Gasteiger charge is 2.21. The van der Waals surface area contributed by atoms with Crippen LogP contribution in [0, 0.1) is 0 Å². The van der Waals surface area contributed by atoms with Gasteiger partial charge in [-0.05, 0) is 0 Å². The number of carbonyl (C=O) groups excluding carboxylic acids is 1. The Kier molecular flexibility index (Phi) is 3.32. The maximum absolute atomic E-state index is 12.6. The molecule has 19 heavy (non-hydrogen) atoms. The fraction of sp³-hybridized carbons (Fsp3) is 0.333. The van der Waals surface area contributed by atoms with E-state index in [1.807, 2.05) is 0 Å². The number of amides is 1. The lowest BCUT2D eigenvalue weighted by molar-refractivity contribution is -0.114. The molecular weight excluding hydrogens is 270 g/mol. The van der Waals surface area contributed by atoms with Crippen LogP contribution < -0.4 is 5.32 Å². The smallest absolute Gasteiger partial charge is 0.297 e. The zero-order valence-electron chi connectivity index (χ0n) is 9.42. The van der Waals surface area contributed by atoms with Crippen molar-refractivity contribution in [3.05, 3.63) is 11.6 Å². The SMILES string of the molecule is CC(=O)Nc1nc(C(F)F)nc2nc(C(F)F)[nH]c12. The van der Waals surface area contributed by atoms with Crippen molar-refractivity contribution in [2.75, 3.05) is 5.32 Å². The van der Waals surface area contributed by atoms with Gasteiger partial charge in [-0.15, -0.1) is 0 Å². The standard InChI is InChI=1S/C9H7F4N5O/c1-2(19)14-6-3-7(17-8(15-3)4(10)11)18-9(16-6)5(12)13/h4-5H,1H3,(H2,14,15,16,17,18,19). The molecule has 2 aromatic heterocycles. The van der Waals surface area contributed by atoms with Gasteiger partial charge < -0.3 is 10.3 Å². The molecule has 6 nitrogen and oxygen atoms in total. The molecule has 102 valence electrons.